The third kappa shape index (κ3) is 3.03. The van der Waals surface area contributed by atoms with Gasteiger partial charge in [0.05, 0.1) is 0 Å². The average Bonchev–Trinajstić information content (AvgIpc) is 1.99. The van der Waals surface area contributed by atoms with Crippen LogP contribution in [0.15, 0.2) is 0 Å². The fraction of sp³-hybridized carbons (Fsp3) is 1.00. The van der Waals surface area contributed by atoms with Crippen LogP contribution in [0.2, 0.25) is 0 Å². The molecule has 0 rings (SSSR count). The van der Waals surface area contributed by atoms with Gasteiger partial charge in [-0.05, 0) is 0 Å². The van der Waals surface area contributed by atoms with Crippen molar-refractivity contribution in [3.05, 3.63) is 0 Å². The molecule has 1 nitrogen and oxygen atoms in total. The summed E-state index contributed by atoms with van der Waals surface area (Å²) in [7, 11) is 1.38. The van der Waals surface area contributed by atoms with Crippen molar-refractivity contribution in [2.45, 2.75) is 30.6 Å². The molecule has 0 aromatic carbocycles. The minimum absolute atomic E-state index is 1.38. The van der Waals surface area contributed by atoms with E-state index in [9.17, 15) is 39.5 Å². The van der Waals surface area contributed by atoms with Gasteiger partial charge in [0.1, 0.15) is 6.42 Å². The summed E-state index contributed by atoms with van der Waals surface area (Å²) in [4.78, 5) is 0. The van der Waals surface area contributed by atoms with E-state index in [1.807, 2.05) is 0 Å². The van der Waals surface area contributed by atoms with Crippen molar-refractivity contribution < 1.29 is 43.9 Å². The zero-order valence-corrected chi connectivity index (χ0v) is 8.02. The van der Waals surface area contributed by atoms with Crippen LogP contribution in [0.3, 0.4) is 0 Å². The number of alkyl halides is 9. The lowest BCUT2D eigenvalue weighted by molar-refractivity contribution is -0.383. The zero-order valence-electron chi connectivity index (χ0n) is 7.02. The van der Waals surface area contributed by atoms with Crippen molar-refractivity contribution in [1.29, 1.82) is 0 Å². The maximum atomic E-state index is 12.4. The second-order valence-corrected chi connectivity index (χ2v) is 2.89. The first-order chi connectivity index (χ1) is 6.77. The molecule has 0 fully saturated rings. The van der Waals surface area contributed by atoms with Gasteiger partial charge in [0.25, 0.3) is 10.5 Å². The summed E-state index contributed by atoms with van der Waals surface area (Å²) in [5, 5.41) is 0. The highest BCUT2D eigenvalue weighted by Gasteiger charge is 2.74. The fourth-order valence-corrected chi connectivity index (χ4v) is 0.768. The molecule has 0 aromatic rings. The lowest BCUT2D eigenvalue weighted by atomic mass is 10.1. The van der Waals surface area contributed by atoms with Crippen LogP contribution in [0.25, 0.3) is 0 Å². The lowest BCUT2D eigenvalue weighted by Gasteiger charge is -2.31. The standard InChI is InChI=1S/C5H2F9OSi/c6-2(7,1-3(8,9)10)4(11,12)5(13,14)15-16/h1H2. The van der Waals surface area contributed by atoms with E-state index < -0.39 is 30.6 Å². The third-order valence-corrected chi connectivity index (χ3v) is 1.63. The molecule has 11 heteroatoms. The molecule has 0 aliphatic rings. The van der Waals surface area contributed by atoms with Crippen molar-refractivity contribution in [3.63, 3.8) is 0 Å². The molecule has 3 radical (unpaired) electrons. The Labute approximate surface area is 86.1 Å². The summed E-state index contributed by atoms with van der Waals surface area (Å²) in [6.45, 7) is 0. The zero-order chi connectivity index (χ0) is 13.4. The molecule has 0 unspecified atom stereocenters. The minimum atomic E-state index is -6.31. The Morgan fingerprint density at radius 3 is 1.44 bits per heavy atom. The molecule has 0 aliphatic heterocycles. The molecule has 95 valence electrons. The number of hydrogen-bond acceptors (Lipinski definition) is 1. The van der Waals surface area contributed by atoms with E-state index in [0.29, 0.717) is 0 Å². The molecule has 0 saturated heterocycles. The number of hydrogen-bond donors (Lipinski definition) is 0. The molecule has 16 heavy (non-hydrogen) atoms. The normalized spacial score (nSPS) is 15.4. The topological polar surface area (TPSA) is 9.23 Å². The largest absolute Gasteiger partial charge is 0.416 e. The van der Waals surface area contributed by atoms with E-state index in [4.69, 9.17) is 0 Å². The van der Waals surface area contributed by atoms with Gasteiger partial charge in [0.2, 0.25) is 0 Å². The Morgan fingerprint density at radius 1 is 0.812 bits per heavy atom. The van der Waals surface area contributed by atoms with E-state index in [1.165, 1.54) is 10.5 Å². The van der Waals surface area contributed by atoms with Crippen LogP contribution in [0, 0.1) is 0 Å². The van der Waals surface area contributed by atoms with Crippen molar-refractivity contribution in [3.8, 4) is 0 Å². The van der Waals surface area contributed by atoms with Crippen molar-refractivity contribution in [2.75, 3.05) is 0 Å². The van der Waals surface area contributed by atoms with Crippen LogP contribution >= 0.6 is 0 Å². The lowest BCUT2D eigenvalue weighted by Crippen LogP contribution is -2.56. The summed E-state index contributed by atoms with van der Waals surface area (Å²) >= 11 is 0. The van der Waals surface area contributed by atoms with Crippen LogP contribution in [-0.2, 0) is 4.43 Å². The molecule has 0 spiro atoms. The Morgan fingerprint density at radius 2 is 1.19 bits per heavy atom. The average molecular weight is 277 g/mol. The molecule has 0 saturated carbocycles. The number of rotatable bonds is 4. The van der Waals surface area contributed by atoms with Gasteiger partial charge in [-0.15, -0.1) is 0 Å². The van der Waals surface area contributed by atoms with Crippen LogP contribution in [-0.4, -0.2) is 34.6 Å². The maximum absolute atomic E-state index is 12.4. The first-order valence-corrected chi connectivity index (χ1v) is 3.72. The summed E-state index contributed by atoms with van der Waals surface area (Å²) in [6, 6.07) is 0. The predicted molar refractivity (Wildman–Crippen MR) is 32.4 cm³/mol. The van der Waals surface area contributed by atoms with Crippen molar-refractivity contribution in [2.24, 2.45) is 0 Å². The van der Waals surface area contributed by atoms with Crippen LogP contribution in [0.1, 0.15) is 6.42 Å². The molecule has 0 amide bonds. The summed E-state index contributed by atoms with van der Waals surface area (Å²) in [5.74, 6) is -12.3. The minimum Gasteiger partial charge on any atom is -0.359 e. The molecule has 0 atom stereocenters. The second kappa shape index (κ2) is 4.09. The Bertz CT molecular complexity index is 247. The summed E-state index contributed by atoms with van der Waals surface area (Å²) in [6.07, 6.45) is -14.9. The molecule has 0 N–H and O–H groups in total. The quantitative estimate of drug-likeness (QED) is 0.567. The molecular formula is C5H2F9OSi. The Hall–Kier alpha value is -0.453. The highest BCUT2D eigenvalue weighted by atomic mass is 28.2. The van der Waals surface area contributed by atoms with Gasteiger partial charge in [-0.25, -0.2) is 0 Å². The summed E-state index contributed by atoms with van der Waals surface area (Å²) in [5.41, 5.74) is 0. The number of halogens is 9. The third-order valence-electron chi connectivity index (χ3n) is 1.38. The smallest absolute Gasteiger partial charge is 0.359 e. The molecule has 0 aliphatic carbocycles. The summed E-state index contributed by atoms with van der Waals surface area (Å²) < 4.78 is 111. The van der Waals surface area contributed by atoms with Gasteiger partial charge in [-0.3, -0.25) is 0 Å². The second-order valence-electron chi connectivity index (χ2n) is 2.69. The maximum Gasteiger partial charge on any atom is 0.416 e. The molecule has 0 aromatic heterocycles. The van der Waals surface area contributed by atoms with Gasteiger partial charge in [0.15, 0.2) is 0 Å². The van der Waals surface area contributed by atoms with E-state index in [0.717, 1.165) is 0 Å². The van der Waals surface area contributed by atoms with Crippen LogP contribution < -0.4 is 0 Å². The first kappa shape index (κ1) is 15.5. The van der Waals surface area contributed by atoms with Gasteiger partial charge in [-0.1, -0.05) is 0 Å². The Balaban J connectivity index is 5.14. The molecule has 0 heterocycles. The van der Waals surface area contributed by atoms with Gasteiger partial charge in [-0.2, -0.15) is 39.5 Å². The van der Waals surface area contributed by atoms with E-state index in [-0.39, 0.29) is 0 Å². The SMILES string of the molecule is FC(F)(F)CC(F)(F)C(F)(F)C(F)(F)O[Si]. The van der Waals surface area contributed by atoms with E-state index in [1.54, 1.807) is 0 Å². The van der Waals surface area contributed by atoms with Crippen molar-refractivity contribution >= 4 is 10.5 Å². The molecular weight excluding hydrogens is 275 g/mol. The predicted octanol–water partition coefficient (Wildman–Crippen LogP) is 2.90. The molecule has 0 bridgehead atoms. The highest BCUT2D eigenvalue weighted by molar-refractivity contribution is 5.98. The van der Waals surface area contributed by atoms with Crippen LogP contribution in [0.5, 0.6) is 0 Å². The van der Waals surface area contributed by atoms with Gasteiger partial charge in [0, 0.05) is 0 Å². The van der Waals surface area contributed by atoms with E-state index >= 15 is 0 Å². The first-order valence-electron chi connectivity index (χ1n) is 3.32. The highest BCUT2D eigenvalue weighted by Crippen LogP contribution is 2.49. The van der Waals surface area contributed by atoms with Crippen LogP contribution in [0.4, 0.5) is 39.5 Å². The van der Waals surface area contributed by atoms with Crippen molar-refractivity contribution in [1.82, 2.24) is 0 Å². The fourth-order valence-electron chi connectivity index (χ4n) is 0.640. The van der Waals surface area contributed by atoms with Gasteiger partial charge < -0.3 is 4.43 Å². The monoisotopic (exact) mass is 277 g/mol. The van der Waals surface area contributed by atoms with Gasteiger partial charge >= 0.3 is 24.1 Å². The Kier molecular flexibility index (Phi) is 3.97. The van der Waals surface area contributed by atoms with E-state index in [2.05, 4.69) is 4.43 Å².